The largest absolute Gasteiger partial charge is 0.375 e. The minimum atomic E-state index is 0.116. The van der Waals surface area contributed by atoms with Gasteiger partial charge in [-0.05, 0) is 25.6 Å². The summed E-state index contributed by atoms with van der Waals surface area (Å²) in [7, 11) is 0. The number of rotatable bonds is 5. The summed E-state index contributed by atoms with van der Waals surface area (Å²) in [5.41, 5.74) is 0.774. The van der Waals surface area contributed by atoms with Gasteiger partial charge in [-0.25, -0.2) is 0 Å². The molecule has 0 bridgehead atoms. The number of carbonyl (C=O) groups is 1. The van der Waals surface area contributed by atoms with Gasteiger partial charge >= 0.3 is 0 Å². The van der Waals surface area contributed by atoms with Crippen molar-refractivity contribution in [3.8, 4) is 0 Å². The van der Waals surface area contributed by atoms with Crippen molar-refractivity contribution in [2.75, 3.05) is 32.0 Å². The van der Waals surface area contributed by atoms with Crippen LogP contribution in [0.4, 0.5) is 0 Å². The van der Waals surface area contributed by atoms with Gasteiger partial charge in [0, 0.05) is 29.3 Å². The molecule has 0 spiro atoms. The first-order valence-corrected chi connectivity index (χ1v) is 7.75. The Labute approximate surface area is 119 Å². The maximum Gasteiger partial charge on any atom is 0.159 e. The Morgan fingerprint density at radius 1 is 1.42 bits per heavy atom. The average molecular weight is 279 g/mol. The fourth-order valence-corrected chi connectivity index (χ4v) is 3.05. The van der Waals surface area contributed by atoms with E-state index in [1.54, 1.807) is 18.7 Å². The maximum absolute atomic E-state index is 11.2. The molecule has 1 aromatic rings. The second-order valence-corrected chi connectivity index (χ2v) is 5.87. The first kappa shape index (κ1) is 14.6. The van der Waals surface area contributed by atoms with E-state index >= 15 is 0 Å². The third-order valence-electron chi connectivity index (χ3n) is 3.37. The number of ketones is 1. The number of hydrogen-bond acceptors (Lipinski definition) is 4. The van der Waals surface area contributed by atoms with Crippen LogP contribution in [0.1, 0.15) is 24.2 Å². The van der Waals surface area contributed by atoms with Gasteiger partial charge in [-0.2, -0.15) is 0 Å². The van der Waals surface area contributed by atoms with Crippen LogP contribution in [-0.4, -0.2) is 48.8 Å². The number of Topliss-reactive ketones (excluding diaryl/α,β-unsaturated/α-hetero) is 1. The van der Waals surface area contributed by atoms with Gasteiger partial charge in [0.25, 0.3) is 0 Å². The lowest BCUT2D eigenvalue weighted by Crippen LogP contribution is -2.43. The molecule has 1 fully saturated rings. The monoisotopic (exact) mass is 279 g/mol. The molecule has 1 atom stereocenters. The summed E-state index contributed by atoms with van der Waals surface area (Å²) in [5, 5.41) is 0. The Kier molecular flexibility index (Phi) is 5.43. The zero-order valence-corrected chi connectivity index (χ0v) is 12.4. The average Bonchev–Trinajstić information content (AvgIpc) is 2.46. The highest BCUT2D eigenvalue weighted by atomic mass is 32.2. The van der Waals surface area contributed by atoms with Crippen molar-refractivity contribution in [3.05, 3.63) is 29.8 Å². The smallest absolute Gasteiger partial charge is 0.159 e. The van der Waals surface area contributed by atoms with Crippen molar-refractivity contribution in [1.29, 1.82) is 0 Å². The van der Waals surface area contributed by atoms with Crippen molar-refractivity contribution in [1.82, 2.24) is 4.90 Å². The number of ether oxygens (including phenoxy) is 1. The Balaban J connectivity index is 1.83. The Bertz CT molecular complexity index is 419. The Morgan fingerprint density at radius 2 is 2.16 bits per heavy atom. The zero-order valence-electron chi connectivity index (χ0n) is 11.6. The topological polar surface area (TPSA) is 29.5 Å². The molecule has 0 aliphatic carbocycles. The SMILES string of the molecule is CCN1CCOC(CSc2ccc(C(C)=O)cc2)C1. The molecular formula is C15H21NO2S. The second kappa shape index (κ2) is 7.08. The number of likely N-dealkylation sites (N-methyl/N-ethyl adjacent to an activating group) is 1. The van der Waals surface area contributed by atoms with E-state index in [0.29, 0.717) is 6.10 Å². The van der Waals surface area contributed by atoms with E-state index in [-0.39, 0.29) is 5.78 Å². The lowest BCUT2D eigenvalue weighted by molar-refractivity contribution is -0.0137. The number of hydrogen-bond donors (Lipinski definition) is 0. The number of carbonyl (C=O) groups excluding carboxylic acids is 1. The summed E-state index contributed by atoms with van der Waals surface area (Å²) < 4.78 is 5.78. The Hall–Kier alpha value is -0.840. The molecule has 1 aromatic carbocycles. The summed E-state index contributed by atoms with van der Waals surface area (Å²) in [6, 6.07) is 7.82. The normalized spacial score (nSPS) is 20.4. The molecule has 1 aliphatic heterocycles. The van der Waals surface area contributed by atoms with Crippen molar-refractivity contribution in [2.24, 2.45) is 0 Å². The lowest BCUT2D eigenvalue weighted by atomic mass is 10.2. The zero-order chi connectivity index (χ0) is 13.7. The van der Waals surface area contributed by atoms with Gasteiger partial charge in [0.05, 0.1) is 12.7 Å². The van der Waals surface area contributed by atoms with Gasteiger partial charge in [-0.3, -0.25) is 9.69 Å². The number of nitrogens with zero attached hydrogens (tertiary/aromatic N) is 1. The molecule has 104 valence electrons. The van der Waals surface area contributed by atoms with E-state index in [9.17, 15) is 4.79 Å². The van der Waals surface area contributed by atoms with Crippen LogP contribution in [0.25, 0.3) is 0 Å². The van der Waals surface area contributed by atoms with Gasteiger partial charge < -0.3 is 4.74 Å². The second-order valence-electron chi connectivity index (χ2n) is 4.78. The lowest BCUT2D eigenvalue weighted by Gasteiger charge is -2.31. The first-order chi connectivity index (χ1) is 9.19. The molecule has 0 N–H and O–H groups in total. The highest BCUT2D eigenvalue weighted by Gasteiger charge is 2.19. The van der Waals surface area contributed by atoms with Gasteiger partial charge in [-0.1, -0.05) is 19.1 Å². The van der Waals surface area contributed by atoms with Gasteiger partial charge in [0.2, 0.25) is 0 Å². The van der Waals surface area contributed by atoms with E-state index in [0.717, 1.165) is 37.6 Å². The van der Waals surface area contributed by atoms with Crippen LogP contribution in [0.15, 0.2) is 29.2 Å². The van der Waals surface area contributed by atoms with Crippen LogP contribution in [-0.2, 0) is 4.74 Å². The van der Waals surface area contributed by atoms with Crippen molar-refractivity contribution >= 4 is 17.5 Å². The molecule has 1 aliphatic rings. The van der Waals surface area contributed by atoms with Gasteiger partial charge in [0.1, 0.15) is 0 Å². The molecule has 1 saturated heterocycles. The molecule has 1 heterocycles. The molecule has 2 rings (SSSR count). The van der Waals surface area contributed by atoms with Crippen molar-refractivity contribution < 1.29 is 9.53 Å². The van der Waals surface area contributed by atoms with E-state index in [4.69, 9.17) is 4.74 Å². The van der Waals surface area contributed by atoms with Crippen LogP contribution in [0.5, 0.6) is 0 Å². The Morgan fingerprint density at radius 3 is 2.79 bits per heavy atom. The molecule has 0 aromatic heterocycles. The minimum absolute atomic E-state index is 0.116. The van der Waals surface area contributed by atoms with Crippen molar-refractivity contribution in [3.63, 3.8) is 0 Å². The van der Waals surface area contributed by atoms with E-state index in [1.165, 1.54) is 4.90 Å². The molecule has 3 nitrogen and oxygen atoms in total. The number of morpholine rings is 1. The molecule has 0 amide bonds. The number of benzene rings is 1. The molecule has 19 heavy (non-hydrogen) atoms. The molecular weight excluding hydrogens is 258 g/mol. The van der Waals surface area contributed by atoms with Gasteiger partial charge in [0.15, 0.2) is 5.78 Å². The quantitative estimate of drug-likeness (QED) is 0.612. The predicted octanol–water partition coefficient (Wildman–Crippen LogP) is 2.70. The standard InChI is InChI=1S/C15H21NO2S/c1-3-16-8-9-18-14(10-16)11-19-15-6-4-13(5-7-15)12(2)17/h4-7,14H,3,8-11H2,1-2H3. The minimum Gasteiger partial charge on any atom is -0.375 e. The van der Waals surface area contributed by atoms with E-state index in [1.807, 2.05) is 24.3 Å². The predicted molar refractivity (Wildman–Crippen MR) is 79.0 cm³/mol. The van der Waals surface area contributed by atoms with Crippen LogP contribution in [0.2, 0.25) is 0 Å². The fraction of sp³-hybridized carbons (Fsp3) is 0.533. The summed E-state index contributed by atoms with van der Waals surface area (Å²) in [6.45, 7) is 7.79. The summed E-state index contributed by atoms with van der Waals surface area (Å²) in [6.07, 6.45) is 0.311. The van der Waals surface area contributed by atoms with Crippen LogP contribution < -0.4 is 0 Å². The highest BCUT2D eigenvalue weighted by Crippen LogP contribution is 2.21. The summed E-state index contributed by atoms with van der Waals surface area (Å²) >= 11 is 1.80. The third-order valence-corrected chi connectivity index (χ3v) is 4.51. The highest BCUT2D eigenvalue weighted by molar-refractivity contribution is 7.99. The van der Waals surface area contributed by atoms with E-state index < -0.39 is 0 Å². The van der Waals surface area contributed by atoms with Crippen LogP contribution in [0.3, 0.4) is 0 Å². The fourth-order valence-electron chi connectivity index (χ4n) is 2.14. The van der Waals surface area contributed by atoms with E-state index in [2.05, 4.69) is 11.8 Å². The third kappa shape index (κ3) is 4.34. The van der Waals surface area contributed by atoms with Crippen molar-refractivity contribution in [2.45, 2.75) is 24.8 Å². The molecule has 1 unspecified atom stereocenters. The summed E-state index contributed by atoms with van der Waals surface area (Å²) in [4.78, 5) is 14.8. The molecule has 0 radical (unpaired) electrons. The number of thioether (sulfide) groups is 1. The van der Waals surface area contributed by atoms with Crippen LogP contribution >= 0.6 is 11.8 Å². The summed E-state index contributed by atoms with van der Waals surface area (Å²) in [5.74, 6) is 1.08. The van der Waals surface area contributed by atoms with Crippen LogP contribution in [0, 0.1) is 0 Å². The maximum atomic E-state index is 11.2. The van der Waals surface area contributed by atoms with Gasteiger partial charge in [-0.15, -0.1) is 11.8 Å². The molecule has 4 heteroatoms. The molecule has 0 saturated carbocycles. The first-order valence-electron chi connectivity index (χ1n) is 6.76.